The number of piperidine rings is 1. The lowest BCUT2D eigenvalue weighted by Crippen LogP contribution is -2.65. The number of carbonyl (C=O) groups is 1. The maximum Gasteiger partial charge on any atom is 0.284 e. The van der Waals surface area contributed by atoms with E-state index in [9.17, 15) is 9.90 Å². The van der Waals surface area contributed by atoms with Crippen molar-refractivity contribution in [3.63, 3.8) is 0 Å². The van der Waals surface area contributed by atoms with E-state index < -0.39 is 6.29 Å². The number of rotatable bonds is 1. The minimum absolute atomic E-state index is 0.0308. The van der Waals surface area contributed by atoms with E-state index in [0.717, 1.165) is 37.4 Å². The molecule has 3 saturated heterocycles. The first-order valence-corrected chi connectivity index (χ1v) is 10.3. The van der Waals surface area contributed by atoms with Gasteiger partial charge in [0.15, 0.2) is 0 Å². The molecule has 0 radical (unpaired) electrons. The number of aliphatic hydroxyl groups excluding tert-OH is 1. The fourth-order valence-corrected chi connectivity index (χ4v) is 7.10. The molecule has 1 aromatic rings. The first kappa shape index (κ1) is 17.0. The van der Waals surface area contributed by atoms with Crippen LogP contribution in [0.5, 0.6) is 5.75 Å². The van der Waals surface area contributed by atoms with E-state index in [1.807, 2.05) is 17.0 Å². The van der Waals surface area contributed by atoms with Gasteiger partial charge in [-0.3, -0.25) is 9.69 Å². The lowest BCUT2D eigenvalue weighted by Gasteiger charge is -2.55. The average molecular weight is 382 g/mol. The van der Waals surface area contributed by atoms with Crippen molar-refractivity contribution in [2.45, 2.75) is 43.6 Å². The molecule has 4 heterocycles. The molecule has 1 aliphatic carbocycles. The molecule has 28 heavy (non-hydrogen) atoms. The van der Waals surface area contributed by atoms with Crippen LogP contribution < -0.4 is 9.64 Å². The molecule has 2 bridgehead atoms. The predicted molar refractivity (Wildman–Crippen MR) is 103 cm³/mol. The van der Waals surface area contributed by atoms with Crippen molar-refractivity contribution in [2.24, 2.45) is 11.8 Å². The summed E-state index contributed by atoms with van der Waals surface area (Å²) in [7, 11) is 1.69. The lowest BCUT2D eigenvalue weighted by molar-refractivity contribution is -0.154. The van der Waals surface area contributed by atoms with Crippen molar-refractivity contribution >= 4 is 11.6 Å². The van der Waals surface area contributed by atoms with Gasteiger partial charge >= 0.3 is 0 Å². The van der Waals surface area contributed by atoms with Gasteiger partial charge in [-0.25, -0.2) is 0 Å². The van der Waals surface area contributed by atoms with E-state index in [4.69, 9.17) is 9.47 Å². The second kappa shape index (κ2) is 5.59. The second-order valence-corrected chi connectivity index (χ2v) is 8.87. The van der Waals surface area contributed by atoms with Crippen molar-refractivity contribution < 1.29 is 19.4 Å². The number of nitrogens with zero attached hydrogens (tertiary/aromatic N) is 2. The Hall–Kier alpha value is -1.89. The molecule has 1 N–H and O–H groups in total. The minimum Gasteiger partial charge on any atom is -0.497 e. The van der Waals surface area contributed by atoms with Crippen LogP contribution in [-0.2, 0) is 14.9 Å². The highest BCUT2D eigenvalue weighted by Crippen LogP contribution is 2.64. The molecule has 6 heteroatoms. The van der Waals surface area contributed by atoms with Gasteiger partial charge in [-0.2, -0.15) is 0 Å². The molecule has 6 rings (SSSR count). The average Bonchev–Trinajstić information content (AvgIpc) is 3.21. The number of amides is 1. The highest BCUT2D eigenvalue weighted by atomic mass is 16.6. The summed E-state index contributed by atoms with van der Waals surface area (Å²) in [5.74, 6) is 1.11. The summed E-state index contributed by atoms with van der Waals surface area (Å²) in [6.07, 6.45) is 2.99. The first-order valence-electron chi connectivity index (χ1n) is 10.3. The van der Waals surface area contributed by atoms with Crippen LogP contribution in [0, 0.1) is 11.8 Å². The number of anilines is 1. The van der Waals surface area contributed by atoms with E-state index in [0.29, 0.717) is 18.6 Å². The smallest absolute Gasteiger partial charge is 0.284 e. The Morgan fingerprint density at radius 2 is 2.25 bits per heavy atom. The van der Waals surface area contributed by atoms with Gasteiger partial charge < -0.3 is 19.5 Å². The minimum atomic E-state index is -1.39. The van der Waals surface area contributed by atoms with Crippen LogP contribution in [0.3, 0.4) is 0 Å². The van der Waals surface area contributed by atoms with Crippen LogP contribution in [0.25, 0.3) is 0 Å². The van der Waals surface area contributed by atoms with Crippen molar-refractivity contribution in [1.82, 2.24) is 4.90 Å². The number of fused-ring (bicyclic) bond motifs is 4. The van der Waals surface area contributed by atoms with Gasteiger partial charge in [0, 0.05) is 29.6 Å². The van der Waals surface area contributed by atoms with Crippen LogP contribution in [0.15, 0.2) is 29.8 Å². The molecule has 1 aromatic carbocycles. The Morgan fingerprint density at radius 1 is 1.39 bits per heavy atom. The quantitative estimate of drug-likeness (QED) is 0.749. The highest BCUT2D eigenvalue weighted by molar-refractivity contribution is 6.00. The third kappa shape index (κ3) is 1.82. The molecule has 5 aliphatic rings. The van der Waals surface area contributed by atoms with Gasteiger partial charge in [0.2, 0.25) is 6.29 Å². The number of hydrogen-bond acceptors (Lipinski definition) is 5. The Kier molecular flexibility index (Phi) is 3.39. The molecule has 4 fully saturated rings. The molecule has 0 aromatic heterocycles. The number of methoxy groups -OCH3 is 1. The SMILES string of the molecule is CC=C1CN2CC[C@]34c5cc(OC)ccc5N5C(=O)[C@H](O)OC[C@@H]([C@@H]1C[C@@H]23)[C@@H]54. The molecule has 4 aliphatic heterocycles. The highest BCUT2D eigenvalue weighted by Gasteiger charge is 2.69. The Labute approximate surface area is 164 Å². The van der Waals surface area contributed by atoms with Gasteiger partial charge in [-0.1, -0.05) is 11.6 Å². The lowest BCUT2D eigenvalue weighted by atomic mass is 9.55. The van der Waals surface area contributed by atoms with Gasteiger partial charge in [0.1, 0.15) is 5.75 Å². The maximum absolute atomic E-state index is 13.2. The topological polar surface area (TPSA) is 62.2 Å². The first-order chi connectivity index (χ1) is 13.6. The summed E-state index contributed by atoms with van der Waals surface area (Å²) in [6.45, 7) is 4.60. The third-order valence-electron chi connectivity index (χ3n) is 8.15. The summed E-state index contributed by atoms with van der Waals surface area (Å²) in [4.78, 5) is 17.7. The Morgan fingerprint density at radius 3 is 3.04 bits per heavy atom. The van der Waals surface area contributed by atoms with E-state index in [1.165, 1.54) is 11.1 Å². The van der Waals surface area contributed by atoms with Crippen LogP contribution in [-0.4, -0.2) is 61.1 Å². The van der Waals surface area contributed by atoms with Crippen LogP contribution >= 0.6 is 0 Å². The molecule has 148 valence electrons. The number of aliphatic hydroxyl groups is 1. The Bertz CT molecular complexity index is 899. The molecular formula is C22H26N2O4. The molecule has 1 amide bonds. The van der Waals surface area contributed by atoms with Gasteiger partial charge in [-0.15, -0.1) is 0 Å². The van der Waals surface area contributed by atoms with Crippen molar-refractivity contribution in [2.75, 3.05) is 31.7 Å². The van der Waals surface area contributed by atoms with Crippen LogP contribution in [0.4, 0.5) is 5.69 Å². The number of carbonyl (C=O) groups excluding carboxylic acids is 1. The van der Waals surface area contributed by atoms with Crippen LogP contribution in [0.2, 0.25) is 0 Å². The molecule has 0 unspecified atom stereocenters. The largest absolute Gasteiger partial charge is 0.497 e. The van der Waals surface area contributed by atoms with E-state index in [2.05, 4.69) is 24.0 Å². The summed E-state index contributed by atoms with van der Waals surface area (Å²) in [6, 6.07) is 6.50. The Balaban J connectivity index is 1.63. The maximum atomic E-state index is 13.2. The fraction of sp³-hybridized carbons (Fsp3) is 0.591. The zero-order valence-electron chi connectivity index (χ0n) is 16.3. The van der Waals surface area contributed by atoms with E-state index in [1.54, 1.807) is 7.11 Å². The number of benzene rings is 1. The number of ether oxygens (including phenoxy) is 2. The third-order valence-corrected chi connectivity index (χ3v) is 8.15. The standard InChI is InChI=1S/C22H26N2O4/c1-3-12-10-23-7-6-22-16-8-13(27-2)4-5-17(16)24-19(22)15(14(12)9-18(22)23)11-28-21(26)20(24)25/h3-5,8,14-15,18-19,21,26H,6-7,9-11H2,1-2H3/t14-,15+,18-,19-,21-,22+/m1/s1. The normalized spacial score (nSPS) is 42.4. The summed E-state index contributed by atoms with van der Waals surface area (Å²) in [5.41, 5.74) is 3.51. The van der Waals surface area contributed by atoms with Gasteiger partial charge in [-0.05, 0) is 56.0 Å². The van der Waals surface area contributed by atoms with Gasteiger partial charge in [0.25, 0.3) is 5.91 Å². The summed E-state index contributed by atoms with van der Waals surface area (Å²) >= 11 is 0. The van der Waals surface area contributed by atoms with Gasteiger partial charge in [0.05, 0.1) is 19.8 Å². The van der Waals surface area contributed by atoms with E-state index in [-0.39, 0.29) is 23.3 Å². The monoisotopic (exact) mass is 382 g/mol. The summed E-state index contributed by atoms with van der Waals surface area (Å²) < 4.78 is 11.2. The molecule has 6 nitrogen and oxygen atoms in total. The van der Waals surface area contributed by atoms with Crippen molar-refractivity contribution in [3.8, 4) is 5.75 Å². The molecule has 6 atom stereocenters. The fourth-order valence-electron chi connectivity index (χ4n) is 7.10. The number of hydrogen-bond donors (Lipinski definition) is 1. The van der Waals surface area contributed by atoms with Crippen molar-refractivity contribution in [3.05, 3.63) is 35.4 Å². The summed E-state index contributed by atoms with van der Waals surface area (Å²) in [5, 5.41) is 10.4. The molecule has 1 spiro atoms. The molecule has 1 saturated carbocycles. The molecular weight excluding hydrogens is 356 g/mol. The van der Waals surface area contributed by atoms with Crippen molar-refractivity contribution in [1.29, 1.82) is 0 Å². The van der Waals surface area contributed by atoms with Crippen LogP contribution in [0.1, 0.15) is 25.3 Å². The van der Waals surface area contributed by atoms with E-state index >= 15 is 0 Å². The second-order valence-electron chi connectivity index (χ2n) is 8.87. The number of allylic oxidation sites excluding steroid dienone is 1. The predicted octanol–water partition coefficient (Wildman–Crippen LogP) is 1.67. The zero-order chi connectivity index (χ0) is 19.2. The zero-order valence-corrected chi connectivity index (χ0v) is 16.3.